The van der Waals surface area contributed by atoms with Gasteiger partial charge < -0.3 is 10.6 Å². The van der Waals surface area contributed by atoms with Crippen molar-refractivity contribution in [1.29, 1.82) is 0 Å². The number of rotatable bonds is 1. The number of hydrogen-bond donors (Lipinski definition) is 2. The van der Waals surface area contributed by atoms with Gasteiger partial charge in [0.25, 0.3) is 5.91 Å². The molecule has 0 saturated carbocycles. The normalized spacial score (nSPS) is 19.7. The van der Waals surface area contributed by atoms with Crippen LogP contribution >= 0.6 is 23.1 Å². The van der Waals surface area contributed by atoms with Gasteiger partial charge in [0.1, 0.15) is 5.54 Å². The molecule has 118 valence electrons. The molecule has 1 spiro atoms. The first kappa shape index (κ1) is 14.8. The summed E-state index contributed by atoms with van der Waals surface area (Å²) in [5.74, 6) is -0.0397. The highest BCUT2D eigenvalue weighted by Crippen LogP contribution is 2.34. The number of hydrogen-bond acceptors (Lipinski definition) is 5. The van der Waals surface area contributed by atoms with Gasteiger partial charge in [-0.2, -0.15) is 0 Å². The van der Waals surface area contributed by atoms with Crippen molar-refractivity contribution in [2.24, 2.45) is 4.99 Å². The summed E-state index contributed by atoms with van der Waals surface area (Å²) in [5.41, 5.74) is 1.67. The number of nitrogens with zero attached hydrogens (tertiary/aromatic N) is 2. The van der Waals surface area contributed by atoms with Crippen LogP contribution in [-0.4, -0.2) is 34.6 Å². The highest BCUT2D eigenvalue weighted by molar-refractivity contribution is 7.08. The molecule has 3 heterocycles. The van der Waals surface area contributed by atoms with E-state index >= 15 is 0 Å². The molecule has 4 rings (SSSR count). The number of anilines is 1. The zero-order chi connectivity index (χ0) is 15.9. The summed E-state index contributed by atoms with van der Waals surface area (Å²) in [6, 6.07) is 7.41. The number of benzene rings is 1. The minimum Gasteiger partial charge on any atom is -0.323 e. The van der Waals surface area contributed by atoms with E-state index in [4.69, 9.17) is 16.6 Å². The average Bonchev–Trinajstić information content (AvgIpc) is 3.06. The summed E-state index contributed by atoms with van der Waals surface area (Å²) >= 11 is 7.56. The molecule has 1 aromatic carbocycles. The second-order valence-electron chi connectivity index (χ2n) is 5.76. The van der Waals surface area contributed by atoms with Crippen molar-refractivity contribution in [1.82, 2.24) is 9.69 Å². The minimum atomic E-state index is -0.726. The van der Waals surface area contributed by atoms with E-state index in [1.54, 1.807) is 12.3 Å². The highest BCUT2D eigenvalue weighted by atomic mass is 35.5. The first-order valence-electron chi connectivity index (χ1n) is 7.51. The monoisotopic (exact) mass is 346 g/mol. The highest BCUT2D eigenvalue weighted by Gasteiger charge is 2.42. The number of piperidine rings is 1. The fraction of sp³-hybridized carbons (Fsp3) is 0.312. The first-order valence-corrected chi connectivity index (χ1v) is 8.66. The Morgan fingerprint density at radius 1 is 1.22 bits per heavy atom. The number of halogens is 1. The Kier molecular flexibility index (Phi) is 3.67. The molecule has 1 aromatic heterocycles. The number of carbonyl (C=O) groups is 1. The van der Waals surface area contributed by atoms with E-state index < -0.39 is 5.54 Å². The number of aliphatic imine (C=N–C) groups is 1. The van der Waals surface area contributed by atoms with Gasteiger partial charge in [-0.05, 0) is 61.7 Å². The molecule has 1 amide bonds. The van der Waals surface area contributed by atoms with Crippen LogP contribution < -0.4 is 10.6 Å². The van der Waals surface area contributed by atoms with Crippen molar-refractivity contribution in [2.45, 2.75) is 18.4 Å². The Morgan fingerprint density at radius 3 is 2.78 bits per heavy atom. The summed E-state index contributed by atoms with van der Waals surface area (Å²) in [6.45, 7) is 1.56. The third-order valence-corrected chi connectivity index (χ3v) is 5.32. The lowest BCUT2D eigenvalue weighted by atomic mass is 9.88. The maximum absolute atomic E-state index is 12.9. The van der Waals surface area contributed by atoms with Gasteiger partial charge in [0.05, 0.1) is 16.3 Å². The van der Waals surface area contributed by atoms with Crippen LogP contribution in [0.2, 0.25) is 5.02 Å². The second-order valence-corrected chi connectivity index (χ2v) is 7.03. The molecule has 5 nitrogen and oxygen atoms in total. The van der Waals surface area contributed by atoms with Gasteiger partial charge in [0.15, 0.2) is 0 Å². The average molecular weight is 347 g/mol. The first-order chi connectivity index (χ1) is 11.2. The number of fused-ring (bicyclic) bond motifs is 1. The molecule has 23 heavy (non-hydrogen) atoms. The summed E-state index contributed by atoms with van der Waals surface area (Å²) < 4.78 is 4.19. The van der Waals surface area contributed by atoms with Gasteiger partial charge in [-0.1, -0.05) is 11.6 Å². The van der Waals surface area contributed by atoms with E-state index in [0.29, 0.717) is 17.9 Å². The smallest absolute Gasteiger partial charge is 0.252 e. The second kappa shape index (κ2) is 5.70. The van der Waals surface area contributed by atoms with Crippen molar-refractivity contribution in [3.05, 3.63) is 45.9 Å². The Labute approximate surface area is 142 Å². The Balaban J connectivity index is 1.94. The van der Waals surface area contributed by atoms with E-state index in [1.165, 1.54) is 11.5 Å². The van der Waals surface area contributed by atoms with E-state index in [9.17, 15) is 4.79 Å². The van der Waals surface area contributed by atoms with Crippen LogP contribution in [0.4, 0.5) is 5.69 Å². The molecule has 7 heteroatoms. The van der Waals surface area contributed by atoms with Crippen LogP contribution in [0.5, 0.6) is 0 Å². The van der Waals surface area contributed by atoms with Crippen LogP contribution in [0.1, 0.15) is 23.3 Å². The summed E-state index contributed by atoms with van der Waals surface area (Å²) in [7, 11) is 0. The maximum atomic E-state index is 12.9. The van der Waals surface area contributed by atoms with E-state index in [0.717, 1.165) is 34.9 Å². The third kappa shape index (κ3) is 2.56. The molecule has 2 aliphatic heterocycles. The molecule has 0 unspecified atom stereocenters. The molecule has 2 aliphatic rings. The standard InChI is InChI=1S/C16H15ClN4OS/c17-10-1-2-12-11(9-10)14(13-3-6-19-23-13)21-16(15(22)20-12)4-7-18-8-5-16/h1-3,6,9,18H,4-5,7-8H2,(H,20,22). The van der Waals surface area contributed by atoms with Gasteiger partial charge >= 0.3 is 0 Å². The van der Waals surface area contributed by atoms with E-state index in [-0.39, 0.29) is 5.91 Å². The fourth-order valence-corrected chi connectivity index (χ4v) is 3.86. The topological polar surface area (TPSA) is 66.4 Å². The molecular formula is C16H15ClN4OS. The lowest BCUT2D eigenvalue weighted by molar-refractivity contribution is -0.121. The minimum absolute atomic E-state index is 0.0397. The number of aromatic nitrogens is 1. The molecule has 1 saturated heterocycles. The quantitative estimate of drug-likeness (QED) is 0.834. The predicted octanol–water partition coefficient (Wildman–Crippen LogP) is 2.71. The fourth-order valence-electron chi connectivity index (χ4n) is 3.09. The molecule has 0 aliphatic carbocycles. The molecular weight excluding hydrogens is 332 g/mol. The summed E-state index contributed by atoms with van der Waals surface area (Å²) in [4.78, 5) is 18.8. The van der Waals surface area contributed by atoms with Gasteiger partial charge in [0, 0.05) is 16.8 Å². The van der Waals surface area contributed by atoms with Crippen LogP contribution in [0.15, 0.2) is 35.5 Å². The molecule has 0 radical (unpaired) electrons. The molecule has 0 bridgehead atoms. The number of carbonyl (C=O) groups excluding carboxylic acids is 1. The van der Waals surface area contributed by atoms with Crippen molar-refractivity contribution in [3.8, 4) is 0 Å². The Morgan fingerprint density at radius 2 is 2.04 bits per heavy atom. The zero-order valence-electron chi connectivity index (χ0n) is 12.3. The SMILES string of the molecule is O=C1Nc2ccc(Cl)cc2C(c2ccns2)=NC12CCNCC2. The van der Waals surface area contributed by atoms with Gasteiger partial charge in [0.2, 0.25) is 0 Å². The van der Waals surface area contributed by atoms with Gasteiger partial charge in [-0.15, -0.1) is 0 Å². The van der Waals surface area contributed by atoms with Crippen molar-refractivity contribution in [2.75, 3.05) is 18.4 Å². The number of nitrogens with one attached hydrogen (secondary N) is 2. The number of amides is 1. The van der Waals surface area contributed by atoms with Gasteiger partial charge in [-0.3, -0.25) is 9.79 Å². The molecule has 0 atom stereocenters. The summed E-state index contributed by atoms with van der Waals surface area (Å²) in [6.07, 6.45) is 3.12. The van der Waals surface area contributed by atoms with Crippen LogP contribution in [0, 0.1) is 0 Å². The van der Waals surface area contributed by atoms with Crippen LogP contribution in [-0.2, 0) is 4.79 Å². The van der Waals surface area contributed by atoms with E-state index in [2.05, 4.69) is 15.0 Å². The van der Waals surface area contributed by atoms with Crippen LogP contribution in [0.3, 0.4) is 0 Å². The van der Waals surface area contributed by atoms with Crippen molar-refractivity contribution in [3.63, 3.8) is 0 Å². The largest absolute Gasteiger partial charge is 0.323 e. The molecule has 1 fully saturated rings. The summed E-state index contributed by atoms with van der Waals surface area (Å²) in [5, 5.41) is 6.97. The van der Waals surface area contributed by atoms with E-state index in [1.807, 2.05) is 18.2 Å². The Hall–Kier alpha value is -1.76. The third-order valence-electron chi connectivity index (χ3n) is 4.34. The zero-order valence-corrected chi connectivity index (χ0v) is 13.9. The molecule has 2 aromatic rings. The van der Waals surface area contributed by atoms with Crippen molar-refractivity contribution < 1.29 is 4.79 Å². The van der Waals surface area contributed by atoms with Gasteiger partial charge in [-0.25, -0.2) is 4.37 Å². The lowest BCUT2D eigenvalue weighted by Crippen LogP contribution is -2.49. The Bertz CT molecular complexity index is 781. The van der Waals surface area contributed by atoms with Crippen LogP contribution in [0.25, 0.3) is 0 Å². The predicted molar refractivity (Wildman–Crippen MR) is 92.7 cm³/mol. The maximum Gasteiger partial charge on any atom is 0.252 e. The van der Waals surface area contributed by atoms with Crippen molar-refractivity contribution >= 4 is 40.4 Å². The lowest BCUT2D eigenvalue weighted by Gasteiger charge is -2.32. The molecule has 2 N–H and O–H groups in total.